The average molecular weight is 284 g/mol. The molecule has 0 aromatic heterocycles. The van der Waals surface area contributed by atoms with Gasteiger partial charge in [0.1, 0.15) is 0 Å². The lowest BCUT2D eigenvalue weighted by Gasteiger charge is -2.16. The lowest BCUT2D eigenvalue weighted by atomic mass is 10.1. The molecule has 0 spiro atoms. The van der Waals surface area contributed by atoms with Crippen molar-refractivity contribution in [3.8, 4) is 0 Å². The standard InChI is InChI=1S/C14H12F4N2/c1-8-11(7-6-10(19)13(8)15)20-12-5-3-2-4-9(12)14(16,17)18/h2-7,20H,19H2,1H3. The first-order chi connectivity index (χ1) is 9.30. The van der Waals surface area contributed by atoms with Gasteiger partial charge < -0.3 is 11.1 Å². The van der Waals surface area contributed by atoms with Crippen LogP contribution in [0.25, 0.3) is 0 Å². The highest BCUT2D eigenvalue weighted by molar-refractivity contribution is 5.68. The summed E-state index contributed by atoms with van der Waals surface area (Å²) in [6.07, 6.45) is -4.48. The molecule has 106 valence electrons. The van der Waals surface area contributed by atoms with E-state index in [1.54, 1.807) is 0 Å². The Morgan fingerprint density at radius 1 is 1.00 bits per heavy atom. The van der Waals surface area contributed by atoms with Gasteiger partial charge in [0.25, 0.3) is 0 Å². The molecule has 3 N–H and O–H groups in total. The molecule has 0 unspecified atom stereocenters. The van der Waals surface area contributed by atoms with Gasteiger partial charge in [0.15, 0.2) is 5.82 Å². The van der Waals surface area contributed by atoms with E-state index in [9.17, 15) is 17.6 Å². The van der Waals surface area contributed by atoms with E-state index in [0.29, 0.717) is 0 Å². The Morgan fingerprint density at radius 2 is 1.65 bits per heavy atom. The van der Waals surface area contributed by atoms with Crippen molar-refractivity contribution in [2.24, 2.45) is 0 Å². The van der Waals surface area contributed by atoms with Crippen LogP contribution in [-0.2, 0) is 6.18 Å². The number of nitrogen functional groups attached to an aromatic ring is 1. The monoisotopic (exact) mass is 284 g/mol. The maximum atomic E-state index is 13.6. The summed E-state index contributed by atoms with van der Waals surface area (Å²) in [5, 5.41) is 2.60. The Hall–Kier alpha value is -2.24. The van der Waals surface area contributed by atoms with E-state index in [1.807, 2.05) is 0 Å². The summed E-state index contributed by atoms with van der Waals surface area (Å²) < 4.78 is 52.2. The number of benzene rings is 2. The van der Waals surface area contributed by atoms with Crippen LogP contribution in [0, 0.1) is 12.7 Å². The number of anilines is 3. The third kappa shape index (κ3) is 2.68. The van der Waals surface area contributed by atoms with Crippen molar-refractivity contribution in [1.82, 2.24) is 0 Å². The van der Waals surface area contributed by atoms with E-state index >= 15 is 0 Å². The second kappa shape index (κ2) is 5.03. The topological polar surface area (TPSA) is 38.0 Å². The number of halogens is 4. The zero-order valence-corrected chi connectivity index (χ0v) is 10.6. The molecule has 0 saturated heterocycles. The number of hydrogen-bond acceptors (Lipinski definition) is 2. The molecule has 0 radical (unpaired) electrons. The van der Waals surface area contributed by atoms with Crippen LogP contribution in [0.1, 0.15) is 11.1 Å². The molecule has 0 aliphatic carbocycles. The van der Waals surface area contributed by atoms with Crippen LogP contribution in [-0.4, -0.2) is 0 Å². The molecule has 6 heteroatoms. The second-order valence-electron chi connectivity index (χ2n) is 4.31. The van der Waals surface area contributed by atoms with Gasteiger partial charge in [-0.1, -0.05) is 12.1 Å². The molecule has 2 aromatic carbocycles. The van der Waals surface area contributed by atoms with Crippen molar-refractivity contribution in [2.45, 2.75) is 13.1 Å². The predicted octanol–water partition coefficient (Wildman–Crippen LogP) is 4.48. The minimum absolute atomic E-state index is 0.0443. The number of rotatable bonds is 2. The highest BCUT2D eigenvalue weighted by Crippen LogP contribution is 2.36. The van der Waals surface area contributed by atoms with E-state index in [4.69, 9.17) is 5.73 Å². The SMILES string of the molecule is Cc1c(Nc2ccccc2C(F)(F)F)ccc(N)c1F. The van der Waals surface area contributed by atoms with Gasteiger partial charge in [-0.05, 0) is 31.2 Å². The van der Waals surface area contributed by atoms with Crippen LogP contribution in [0.15, 0.2) is 36.4 Å². The molecular weight excluding hydrogens is 272 g/mol. The van der Waals surface area contributed by atoms with E-state index in [2.05, 4.69) is 5.32 Å². The third-order valence-electron chi connectivity index (χ3n) is 2.92. The van der Waals surface area contributed by atoms with E-state index in [1.165, 1.54) is 37.3 Å². The lowest BCUT2D eigenvalue weighted by Crippen LogP contribution is -2.09. The Kier molecular flexibility index (Phi) is 3.57. The summed E-state index contributed by atoms with van der Waals surface area (Å²) in [6.45, 7) is 1.45. The van der Waals surface area contributed by atoms with Gasteiger partial charge in [-0.15, -0.1) is 0 Å². The zero-order valence-electron chi connectivity index (χ0n) is 10.6. The predicted molar refractivity (Wildman–Crippen MR) is 70.3 cm³/mol. The molecule has 2 nitrogen and oxygen atoms in total. The van der Waals surface area contributed by atoms with Crippen LogP contribution in [0.4, 0.5) is 34.6 Å². The summed E-state index contributed by atoms with van der Waals surface area (Å²) in [7, 11) is 0. The average Bonchev–Trinajstić information content (AvgIpc) is 2.39. The third-order valence-corrected chi connectivity index (χ3v) is 2.92. The molecule has 0 aliphatic heterocycles. The Bertz CT molecular complexity index is 636. The fraction of sp³-hybridized carbons (Fsp3) is 0.143. The maximum absolute atomic E-state index is 13.6. The summed E-state index contributed by atoms with van der Waals surface area (Å²) in [5.74, 6) is -0.639. The van der Waals surface area contributed by atoms with E-state index < -0.39 is 17.6 Å². The summed E-state index contributed by atoms with van der Waals surface area (Å²) in [5.41, 5.74) is 4.83. The first-order valence-corrected chi connectivity index (χ1v) is 5.78. The molecular formula is C14H12F4N2. The molecule has 0 aliphatic rings. The van der Waals surface area contributed by atoms with Gasteiger partial charge >= 0.3 is 6.18 Å². The maximum Gasteiger partial charge on any atom is 0.418 e. The van der Waals surface area contributed by atoms with Crippen molar-refractivity contribution in [3.63, 3.8) is 0 Å². The molecule has 0 saturated carbocycles. The minimum atomic E-state index is -4.48. The molecule has 0 fully saturated rings. The molecule has 0 atom stereocenters. The summed E-state index contributed by atoms with van der Waals surface area (Å²) >= 11 is 0. The van der Waals surface area contributed by atoms with Crippen molar-refractivity contribution in [1.29, 1.82) is 0 Å². The van der Waals surface area contributed by atoms with Crippen molar-refractivity contribution in [3.05, 3.63) is 53.3 Å². The van der Waals surface area contributed by atoms with E-state index in [0.717, 1.165) is 6.07 Å². The minimum Gasteiger partial charge on any atom is -0.396 e. The van der Waals surface area contributed by atoms with Gasteiger partial charge in [0, 0.05) is 11.3 Å². The Balaban J connectivity index is 2.44. The first kappa shape index (κ1) is 14.2. The van der Waals surface area contributed by atoms with Gasteiger partial charge in [-0.3, -0.25) is 0 Å². The number of alkyl halides is 3. The number of nitrogens with two attached hydrogens (primary N) is 1. The number of hydrogen-bond donors (Lipinski definition) is 2. The quantitative estimate of drug-likeness (QED) is 0.630. The van der Waals surface area contributed by atoms with Gasteiger partial charge in [-0.25, -0.2) is 4.39 Å². The fourth-order valence-electron chi connectivity index (χ4n) is 1.83. The Morgan fingerprint density at radius 3 is 2.30 bits per heavy atom. The number of para-hydroxylation sites is 1. The van der Waals surface area contributed by atoms with Crippen LogP contribution >= 0.6 is 0 Å². The highest BCUT2D eigenvalue weighted by atomic mass is 19.4. The normalized spacial score (nSPS) is 11.4. The van der Waals surface area contributed by atoms with Gasteiger partial charge in [0.05, 0.1) is 16.9 Å². The van der Waals surface area contributed by atoms with Gasteiger partial charge in [0.2, 0.25) is 0 Å². The largest absolute Gasteiger partial charge is 0.418 e. The van der Waals surface area contributed by atoms with Crippen LogP contribution in [0.2, 0.25) is 0 Å². The number of nitrogens with one attached hydrogen (secondary N) is 1. The van der Waals surface area contributed by atoms with Gasteiger partial charge in [-0.2, -0.15) is 13.2 Å². The molecule has 0 bridgehead atoms. The molecule has 0 heterocycles. The first-order valence-electron chi connectivity index (χ1n) is 5.78. The molecule has 20 heavy (non-hydrogen) atoms. The summed E-state index contributed by atoms with van der Waals surface area (Å²) in [6, 6.07) is 7.77. The van der Waals surface area contributed by atoms with Crippen molar-refractivity contribution < 1.29 is 17.6 Å². The fourth-order valence-corrected chi connectivity index (χ4v) is 1.83. The zero-order chi connectivity index (χ0) is 14.9. The second-order valence-corrected chi connectivity index (χ2v) is 4.31. The molecule has 2 aromatic rings. The van der Waals surface area contributed by atoms with Crippen LogP contribution in [0.3, 0.4) is 0 Å². The Labute approximate surface area is 113 Å². The van der Waals surface area contributed by atoms with Crippen LogP contribution in [0.5, 0.6) is 0 Å². The molecule has 2 rings (SSSR count). The van der Waals surface area contributed by atoms with E-state index in [-0.39, 0.29) is 22.6 Å². The highest BCUT2D eigenvalue weighted by Gasteiger charge is 2.33. The van der Waals surface area contributed by atoms with Crippen molar-refractivity contribution in [2.75, 3.05) is 11.1 Å². The van der Waals surface area contributed by atoms with Crippen molar-refractivity contribution >= 4 is 17.1 Å². The van der Waals surface area contributed by atoms with Crippen LogP contribution < -0.4 is 11.1 Å². The summed E-state index contributed by atoms with van der Waals surface area (Å²) in [4.78, 5) is 0. The smallest absolute Gasteiger partial charge is 0.396 e. The molecule has 0 amide bonds. The lowest BCUT2D eigenvalue weighted by molar-refractivity contribution is -0.136.